The molecule has 0 N–H and O–H groups in total. The van der Waals surface area contributed by atoms with Gasteiger partial charge in [-0.3, -0.25) is 0 Å². The highest BCUT2D eigenvalue weighted by molar-refractivity contribution is 9.10. The molecule has 0 radical (unpaired) electrons. The van der Waals surface area contributed by atoms with E-state index >= 15 is 0 Å². The smallest absolute Gasteiger partial charge is 0.120 e. The average Bonchev–Trinajstić information content (AvgIpc) is 2.12. The summed E-state index contributed by atoms with van der Waals surface area (Å²) >= 11 is 3.41. The average molecular weight is 257 g/mol. The van der Waals surface area contributed by atoms with Crippen LogP contribution in [0.2, 0.25) is 0 Å². The minimum atomic E-state index is 0.765. The van der Waals surface area contributed by atoms with Crippen molar-refractivity contribution in [2.24, 2.45) is 5.92 Å². The van der Waals surface area contributed by atoms with Crippen LogP contribution >= 0.6 is 15.9 Å². The van der Waals surface area contributed by atoms with Crippen LogP contribution in [0.3, 0.4) is 0 Å². The van der Waals surface area contributed by atoms with Crippen LogP contribution in [0.15, 0.2) is 28.7 Å². The first-order valence-electron chi connectivity index (χ1n) is 5.07. The quantitative estimate of drug-likeness (QED) is 0.716. The van der Waals surface area contributed by atoms with Gasteiger partial charge in [0.1, 0.15) is 5.75 Å². The number of hydrogen-bond acceptors (Lipinski definition) is 1. The third kappa shape index (κ3) is 4.66. The SMILES string of the molecule is CC(C)CCCOc1cccc(Br)c1. The maximum absolute atomic E-state index is 5.61. The second-order valence-corrected chi connectivity index (χ2v) is 4.76. The van der Waals surface area contributed by atoms with Crippen molar-refractivity contribution in [1.29, 1.82) is 0 Å². The molecule has 0 aliphatic heterocycles. The number of ether oxygens (including phenoxy) is 1. The van der Waals surface area contributed by atoms with E-state index < -0.39 is 0 Å². The first kappa shape index (κ1) is 11.6. The zero-order valence-corrected chi connectivity index (χ0v) is 10.4. The van der Waals surface area contributed by atoms with Gasteiger partial charge in [0.25, 0.3) is 0 Å². The summed E-state index contributed by atoms with van der Waals surface area (Å²) in [4.78, 5) is 0. The summed E-state index contributed by atoms with van der Waals surface area (Å²) in [6.45, 7) is 5.28. The Balaban J connectivity index is 2.25. The zero-order valence-electron chi connectivity index (χ0n) is 8.79. The molecule has 0 spiro atoms. The summed E-state index contributed by atoms with van der Waals surface area (Å²) in [6, 6.07) is 7.97. The van der Waals surface area contributed by atoms with Gasteiger partial charge in [0.05, 0.1) is 6.61 Å². The van der Waals surface area contributed by atoms with Crippen molar-refractivity contribution in [2.45, 2.75) is 26.7 Å². The van der Waals surface area contributed by atoms with Crippen molar-refractivity contribution in [3.8, 4) is 5.75 Å². The summed E-state index contributed by atoms with van der Waals surface area (Å²) in [5.41, 5.74) is 0. The van der Waals surface area contributed by atoms with Crippen LogP contribution in [0.5, 0.6) is 5.75 Å². The summed E-state index contributed by atoms with van der Waals surface area (Å²) in [5.74, 6) is 1.71. The fourth-order valence-electron chi connectivity index (χ4n) is 1.24. The summed E-state index contributed by atoms with van der Waals surface area (Å²) in [5, 5.41) is 0. The topological polar surface area (TPSA) is 9.23 Å². The van der Waals surface area contributed by atoms with Gasteiger partial charge in [0.15, 0.2) is 0 Å². The van der Waals surface area contributed by atoms with Crippen LogP contribution in [0.1, 0.15) is 26.7 Å². The Kier molecular flexibility index (Phi) is 5.02. The van der Waals surface area contributed by atoms with E-state index in [0.29, 0.717) is 0 Å². The molecule has 0 heterocycles. The minimum absolute atomic E-state index is 0.765. The Bertz CT molecular complexity index is 271. The Hall–Kier alpha value is -0.500. The van der Waals surface area contributed by atoms with E-state index in [4.69, 9.17) is 4.74 Å². The number of halogens is 1. The molecule has 1 aromatic carbocycles. The second-order valence-electron chi connectivity index (χ2n) is 3.84. The molecule has 0 saturated carbocycles. The van der Waals surface area contributed by atoms with Crippen LogP contribution in [0, 0.1) is 5.92 Å². The number of benzene rings is 1. The lowest BCUT2D eigenvalue weighted by Gasteiger charge is -2.07. The minimum Gasteiger partial charge on any atom is -0.494 e. The first-order valence-corrected chi connectivity index (χ1v) is 5.86. The highest BCUT2D eigenvalue weighted by Gasteiger charge is 1.96. The van der Waals surface area contributed by atoms with Gasteiger partial charge in [-0.25, -0.2) is 0 Å². The molecule has 1 nitrogen and oxygen atoms in total. The largest absolute Gasteiger partial charge is 0.494 e. The molecule has 78 valence electrons. The Morgan fingerprint density at radius 2 is 2.14 bits per heavy atom. The van der Waals surface area contributed by atoms with E-state index in [9.17, 15) is 0 Å². The molecule has 0 amide bonds. The van der Waals surface area contributed by atoms with Crippen LogP contribution in [-0.4, -0.2) is 6.61 Å². The number of rotatable bonds is 5. The highest BCUT2D eigenvalue weighted by Crippen LogP contribution is 2.18. The molecule has 14 heavy (non-hydrogen) atoms. The third-order valence-electron chi connectivity index (χ3n) is 1.99. The van der Waals surface area contributed by atoms with Crippen molar-refractivity contribution < 1.29 is 4.74 Å². The molecule has 1 rings (SSSR count). The van der Waals surface area contributed by atoms with Gasteiger partial charge >= 0.3 is 0 Å². The van der Waals surface area contributed by atoms with Crippen molar-refractivity contribution in [1.82, 2.24) is 0 Å². The van der Waals surface area contributed by atoms with Crippen molar-refractivity contribution in [3.63, 3.8) is 0 Å². The normalized spacial score (nSPS) is 10.6. The molecule has 0 fully saturated rings. The van der Waals surface area contributed by atoms with E-state index in [1.54, 1.807) is 0 Å². The van der Waals surface area contributed by atoms with Gasteiger partial charge in [0.2, 0.25) is 0 Å². The van der Waals surface area contributed by atoms with E-state index in [-0.39, 0.29) is 0 Å². The van der Waals surface area contributed by atoms with Crippen molar-refractivity contribution in [3.05, 3.63) is 28.7 Å². The molecule has 1 aromatic rings. The van der Waals surface area contributed by atoms with Gasteiger partial charge in [-0.05, 0) is 37.0 Å². The van der Waals surface area contributed by atoms with Gasteiger partial charge in [-0.15, -0.1) is 0 Å². The first-order chi connectivity index (χ1) is 6.68. The lowest BCUT2D eigenvalue weighted by molar-refractivity contribution is 0.297. The summed E-state index contributed by atoms with van der Waals surface area (Å²) in [6.07, 6.45) is 2.36. The van der Waals surface area contributed by atoms with Crippen LogP contribution in [0.25, 0.3) is 0 Å². The van der Waals surface area contributed by atoms with Gasteiger partial charge in [-0.1, -0.05) is 35.8 Å². The molecule has 0 bridgehead atoms. The van der Waals surface area contributed by atoms with E-state index in [1.165, 1.54) is 6.42 Å². The highest BCUT2D eigenvalue weighted by atomic mass is 79.9. The standard InChI is InChI=1S/C12H17BrO/c1-10(2)5-4-8-14-12-7-3-6-11(13)9-12/h3,6-7,9-10H,4-5,8H2,1-2H3. The molecular formula is C12H17BrO. The molecule has 0 unspecified atom stereocenters. The molecule has 0 saturated heterocycles. The summed E-state index contributed by atoms with van der Waals surface area (Å²) < 4.78 is 6.68. The number of hydrogen-bond donors (Lipinski definition) is 0. The Labute approximate surface area is 94.6 Å². The fourth-order valence-corrected chi connectivity index (χ4v) is 1.62. The predicted octanol–water partition coefficient (Wildman–Crippen LogP) is 4.26. The molecular weight excluding hydrogens is 240 g/mol. The second kappa shape index (κ2) is 6.07. The van der Waals surface area contributed by atoms with Crippen LogP contribution in [-0.2, 0) is 0 Å². The van der Waals surface area contributed by atoms with Gasteiger partial charge in [0, 0.05) is 4.47 Å². The van der Waals surface area contributed by atoms with Crippen molar-refractivity contribution >= 4 is 15.9 Å². The maximum atomic E-state index is 5.61. The molecule has 0 atom stereocenters. The molecule has 0 aliphatic rings. The predicted molar refractivity (Wildman–Crippen MR) is 63.7 cm³/mol. The van der Waals surface area contributed by atoms with E-state index in [2.05, 4.69) is 29.8 Å². The fraction of sp³-hybridized carbons (Fsp3) is 0.500. The van der Waals surface area contributed by atoms with E-state index in [0.717, 1.165) is 29.2 Å². The molecule has 2 heteroatoms. The Morgan fingerprint density at radius 3 is 2.79 bits per heavy atom. The monoisotopic (exact) mass is 256 g/mol. The van der Waals surface area contributed by atoms with Crippen molar-refractivity contribution in [2.75, 3.05) is 6.61 Å². The van der Waals surface area contributed by atoms with Gasteiger partial charge < -0.3 is 4.74 Å². The molecule has 0 aliphatic carbocycles. The zero-order chi connectivity index (χ0) is 10.4. The summed E-state index contributed by atoms with van der Waals surface area (Å²) in [7, 11) is 0. The Morgan fingerprint density at radius 1 is 1.36 bits per heavy atom. The van der Waals surface area contributed by atoms with Gasteiger partial charge in [-0.2, -0.15) is 0 Å². The lowest BCUT2D eigenvalue weighted by Crippen LogP contribution is -1.99. The third-order valence-corrected chi connectivity index (χ3v) is 2.48. The van der Waals surface area contributed by atoms with E-state index in [1.807, 2.05) is 24.3 Å². The van der Waals surface area contributed by atoms with Crippen LogP contribution in [0.4, 0.5) is 0 Å². The maximum Gasteiger partial charge on any atom is 0.120 e. The van der Waals surface area contributed by atoms with Crippen LogP contribution < -0.4 is 4.74 Å². The molecule has 0 aromatic heterocycles. The lowest BCUT2D eigenvalue weighted by atomic mass is 10.1.